The Morgan fingerprint density at radius 1 is 0.340 bits per heavy atom. The number of hydrogen-bond acceptors (Lipinski definition) is 13. The molecule has 2 aliphatic rings. The van der Waals surface area contributed by atoms with Gasteiger partial charge in [0.05, 0.1) is 32.0 Å². The van der Waals surface area contributed by atoms with Gasteiger partial charge in [-0.15, -0.1) is 0 Å². The molecule has 0 aliphatic carbocycles. The summed E-state index contributed by atoms with van der Waals surface area (Å²) in [4.78, 5) is 13.4. The molecule has 2 saturated heterocycles. The summed E-state index contributed by atoms with van der Waals surface area (Å²) < 4.78 is 23.0. The number of hydrogen-bond donors (Lipinski definition) is 9. The molecule has 0 aromatic heterocycles. The molecule has 2 heterocycles. The predicted molar refractivity (Wildman–Crippen MR) is 443 cm³/mol. The van der Waals surface area contributed by atoms with E-state index in [0.29, 0.717) is 12.8 Å². The summed E-state index contributed by atoms with van der Waals surface area (Å²) in [6, 6.07) is -0.933. The van der Waals surface area contributed by atoms with Crippen LogP contribution in [0.5, 0.6) is 0 Å². The summed E-state index contributed by atoms with van der Waals surface area (Å²) in [6.45, 7) is 2.85. The minimum Gasteiger partial charge on any atom is -0.394 e. The first kappa shape index (κ1) is 100. The third-order valence-corrected chi connectivity index (χ3v) is 22.5. The molecule has 14 nitrogen and oxygen atoms in total. The van der Waals surface area contributed by atoms with Crippen LogP contribution < -0.4 is 5.32 Å². The van der Waals surface area contributed by atoms with Crippen molar-refractivity contribution in [2.45, 2.75) is 511 Å². The highest BCUT2D eigenvalue weighted by molar-refractivity contribution is 5.76. The maximum atomic E-state index is 13.4. The monoisotopic (exact) mass is 1500 g/mol. The van der Waals surface area contributed by atoms with Crippen molar-refractivity contribution in [1.82, 2.24) is 5.32 Å². The van der Waals surface area contributed by atoms with Gasteiger partial charge >= 0.3 is 0 Å². The van der Waals surface area contributed by atoms with Crippen molar-refractivity contribution in [1.29, 1.82) is 0 Å². The molecular formula is C92H173NO13. The molecule has 2 aliphatic heterocycles. The van der Waals surface area contributed by atoms with E-state index in [1.54, 1.807) is 6.08 Å². The topological polar surface area (TPSA) is 228 Å². The van der Waals surface area contributed by atoms with Gasteiger partial charge in [-0.05, 0) is 64.2 Å². The number of ether oxygens (including phenoxy) is 4. The normalized spacial score (nSPS) is 21.5. The number of rotatable bonds is 79. The van der Waals surface area contributed by atoms with Crippen molar-refractivity contribution in [2.24, 2.45) is 0 Å². The van der Waals surface area contributed by atoms with Crippen LogP contribution in [0.25, 0.3) is 0 Å². The van der Waals surface area contributed by atoms with Crippen LogP contribution in [-0.2, 0) is 23.7 Å². The van der Waals surface area contributed by atoms with Gasteiger partial charge in [0.2, 0.25) is 5.91 Å². The van der Waals surface area contributed by atoms with E-state index in [4.69, 9.17) is 18.9 Å². The SMILES string of the molecule is CCCCCCC/C=C\C/C=C\CCCCCCCCCCCCCCCCCCCCCCCCCCCCCCCC(=O)NC(COC1OC(CO)C(OC2OC(CO)C(O)C(O)C2O)C(O)C1O)C(O)/C=C/CC/C=C/CCCCCCCCCCCCCCCCCCCCCCCCCCC. The van der Waals surface area contributed by atoms with Crippen molar-refractivity contribution >= 4 is 5.91 Å². The Morgan fingerprint density at radius 3 is 0.981 bits per heavy atom. The van der Waals surface area contributed by atoms with Crippen molar-refractivity contribution in [2.75, 3.05) is 19.8 Å². The standard InChI is InChI=1S/C92H173NO13/c1-3-5-7-9-11-13-15-17-19-21-23-25-27-29-31-33-35-36-37-38-39-40-41-42-43-44-46-48-50-52-54-56-58-60-62-64-66-68-70-72-74-76-84(97)93-80(79-103-91-89(102)87(100)90(83(78-95)105-91)106-92-88(101)86(99)85(98)82(77-94)104-92)81(96)75-73-71-69-67-65-63-61-59-57-55-53-51-49-47-45-34-32-30-28-26-24-22-20-18-16-14-12-10-8-6-4-2/h15,17,21,23,65,67,73,75,80-83,85-92,94-96,98-102H,3-14,16,18-20,22,24-64,66,68-72,74,76-79H2,1-2H3,(H,93,97)/b17-15-,23-21-,67-65+,75-73+. The summed E-state index contributed by atoms with van der Waals surface area (Å²) in [5.74, 6) is -0.240. The highest BCUT2D eigenvalue weighted by Crippen LogP contribution is 2.31. The van der Waals surface area contributed by atoms with E-state index in [1.165, 1.54) is 366 Å². The molecule has 0 saturated carbocycles. The van der Waals surface area contributed by atoms with Crippen LogP contribution >= 0.6 is 0 Å². The Labute approximate surface area is 652 Å². The van der Waals surface area contributed by atoms with Crippen LogP contribution in [0, 0.1) is 0 Å². The van der Waals surface area contributed by atoms with Gasteiger partial charge < -0.3 is 65.1 Å². The minimum atomic E-state index is -1.79. The van der Waals surface area contributed by atoms with Crippen molar-refractivity contribution in [3.8, 4) is 0 Å². The summed E-state index contributed by atoms with van der Waals surface area (Å²) >= 11 is 0. The fourth-order valence-corrected chi connectivity index (χ4v) is 15.3. The van der Waals surface area contributed by atoms with Gasteiger partial charge in [0.15, 0.2) is 12.6 Å². The molecule has 2 fully saturated rings. The van der Waals surface area contributed by atoms with Gasteiger partial charge in [0, 0.05) is 6.42 Å². The molecule has 0 aromatic carbocycles. The summed E-state index contributed by atoms with van der Waals surface area (Å²) in [5.41, 5.74) is 0. The Kier molecular flexibility index (Phi) is 71.4. The lowest BCUT2D eigenvalue weighted by atomic mass is 9.97. The zero-order valence-corrected chi connectivity index (χ0v) is 69.0. The van der Waals surface area contributed by atoms with Crippen LogP contribution in [0.4, 0.5) is 0 Å². The zero-order chi connectivity index (χ0) is 76.5. The van der Waals surface area contributed by atoms with Crippen LogP contribution in [0.3, 0.4) is 0 Å². The maximum absolute atomic E-state index is 13.4. The Hall–Kier alpha value is -2.05. The third kappa shape index (κ3) is 57.0. The summed E-state index contributed by atoms with van der Waals surface area (Å²) in [7, 11) is 0. The largest absolute Gasteiger partial charge is 0.394 e. The number of carbonyl (C=O) groups excluding carboxylic acids is 1. The molecule has 0 bridgehead atoms. The van der Waals surface area contributed by atoms with E-state index < -0.39 is 86.8 Å². The van der Waals surface area contributed by atoms with Crippen LogP contribution in [0.2, 0.25) is 0 Å². The van der Waals surface area contributed by atoms with Crippen LogP contribution in [0.1, 0.15) is 438 Å². The second-order valence-electron chi connectivity index (χ2n) is 32.4. The van der Waals surface area contributed by atoms with E-state index in [9.17, 15) is 45.6 Å². The second-order valence-corrected chi connectivity index (χ2v) is 32.4. The number of allylic oxidation sites excluding steroid dienone is 7. The zero-order valence-electron chi connectivity index (χ0n) is 69.0. The molecule has 14 heteroatoms. The fraction of sp³-hybridized carbons (Fsp3) is 0.902. The van der Waals surface area contributed by atoms with Gasteiger partial charge in [0.25, 0.3) is 0 Å². The molecule has 12 atom stereocenters. The number of aliphatic hydroxyl groups excluding tert-OH is 8. The van der Waals surface area contributed by atoms with Crippen molar-refractivity contribution in [3.05, 3.63) is 48.6 Å². The third-order valence-electron chi connectivity index (χ3n) is 22.5. The number of aliphatic hydroxyl groups is 8. The lowest BCUT2D eigenvalue weighted by molar-refractivity contribution is -0.359. The molecular weight excluding hydrogens is 1330 g/mol. The number of amides is 1. The molecule has 9 N–H and O–H groups in total. The van der Waals surface area contributed by atoms with Gasteiger partial charge in [-0.25, -0.2) is 0 Å². The molecule has 12 unspecified atom stereocenters. The van der Waals surface area contributed by atoms with E-state index in [0.717, 1.165) is 38.5 Å². The van der Waals surface area contributed by atoms with Gasteiger partial charge in [-0.2, -0.15) is 0 Å². The molecule has 106 heavy (non-hydrogen) atoms. The molecule has 2 rings (SSSR count). The smallest absolute Gasteiger partial charge is 0.220 e. The predicted octanol–water partition coefficient (Wildman–Crippen LogP) is 22.5. The van der Waals surface area contributed by atoms with Crippen molar-refractivity contribution in [3.63, 3.8) is 0 Å². The molecule has 1 amide bonds. The first-order valence-corrected chi connectivity index (χ1v) is 45.9. The van der Waals surface area contributed by atoms with Gasteiger partial charge in [0.1, 0.15) is 48.8 Å². The number of nitrogens with one attached hydrogen (secondary N) is 1. The minimum absolute atomic E-state index is 0.240. The first-order valence-electron chi connectivity index (χ1n) is 45.9. The number of unbranched alkanes of at least 4 members (excludes halogenated alkanes) is 60. The highest BCUT2D eigenvalue weighted by Gasteiger charge is 2.51. The lowest BCUT2D eigenvalue weighted by Gasteiger charge is -2.46. The van der Waals surface area contributed by atoms with Gasteiger partial charge in [-0.1, -0.05) is 416 Å². The average Bonchev–Trinajstić information content (AvgIpc) is 0.790. The quantitative estimate of drug-likeness (QED) is 0.0204. The van der Waals surface area contributed by atoms with E-state index >= 15 is 0 Å². The van der Waals surface area contributed by atoms with Crippen LogP contribution in [-0.4, -0.2) is 140 Å². The van der Waals surface area contributed by atoms with E-state index in [-0.39, 0.29) is 18.9 Å². The van der Waals surface area contributed by atoms with E-state index in [1.807, 2.05) is 6.08 Å². The average molecular weight is 1500 g/mol. The summed E-state index contributed by atoms with van der Waals surface area (Å²) in [6.07, 6.45) is 86.8. The van der Waals surface area contributed by atoms with Crippen LogP contribution in [0.15, 0.2) is 48.6 Å². The molecule has 0 spiro atoms. The Morgan fingerprint density at radius 2 is 0.632 bits per heavy atom. The molecule has 624 valence electrons. The Bertz CT molecular complexity index is 1970. The maximum Gasteiger partial charge on any atom is 0.220 e. The first-order chi connectivity index (χ1) is 52.1. The molecule has 0 aromatic rings. The fourth-order valence-electron chi connectivity index (χ4n) is 15.3. The lowest BCUT2D eigenvalue weighted by Crippen LogP contribution is -2.65. The number of carbonyl (C=O) groups is 1. The Balaban J connectivity index is 1.55. The van der Waals surface area contributed by atoms with E-state index in [2.05, 4.69) is 55.6 Å². The van der Waals surface area contributed by atoms with Gasteiger partial charge in [-0.3, -0.25) is 4.79 Å². The summed E-state index contributed by atoms with van der Waals surface area (Å²) in [5, 5.41) is 87.8. The second kappa shape index (κ2) is 75.6. The molecule has 0 radical (unpaired) electrons. The van der Waals surface area contributed by atoms with Crippen molar-refractivity contribution < 1.29 is 64.6 Å². The highest BCUT2D eigenvalue weighted by atomic mass is 16.7.